The number of benzene rings is 3. The molecule has 0 bridgehead atoms. The maximum Gasteiger partial charge on any atom is 0.307 e. The Hall–Kier alpha value is -4.31. The Labute approximate surface area is 287 Å². The number of pyridine rings is 1. The van der Waals surface area contributed by atoms with Crippen molar-refractivity contribution in [2.24, 2.45) is 5.92 Å². The Morgan fingerprint density at radius 3 is 2.35 bits per heavy atom. The summed E-state index contributed by atoms with van der Waals surface area (Å²) in [4.78, 5) is 17.0. The van der Waals surface area contributed by atoms with Crippen LogP contribution in [0.15, 0.2) is 66.7 Å². The fourth-order valence-electron chi connectivity index (χ4n) is 5.78. The lowest BCUT2D eigenvalue weighted by molar-refractivity contribution is -0.136. The van der Waals surface area contributed by atoms with Crippen LogP contribution in [0.4, 0.5) is 4.39 Å². The summed E-state index contributed by atoms with van der Waals surface area (Å²) in [5, 5.41) is 18.4. The number of ether oxygens (including phenoxy) is 4. The number of nitrogens with zero attached hydrogens (tertiary/aromatic N) is 1. The Kier molecular flexibility index (Phi) is 12.0. The number of carboxylic acids is 1. The van der Waals surface area contributed by atoms with Gasteiger partial charge in [-0.15, -0.1) is 0 Å². The quantitative estimate of drug-likeness (QED) is 0.161. The van der Waals surface area contributed by atoms with Gasteiger partial charge < -0.3 is 29.2 Å². The van der Waals surface area contributed by atoms with Gasteiger partial charge in [0.1, 0.15) is 17.3 Å². The van der Waals surface area contributed by atoms with Gasteiger partial charge in [0.2, 0.25) is 0 Å². The molecular weight excluding hydrogens is 625 g/mol. The Morgan fingerprint density at radius 2 is 1.69 bits per heavy atom. The zero-order valence-electron chi connectivity index (χ0n) is 28.8. The largest absolute Gasteiger partial charge is 0.493 e. The second kappa shape index (κ2) is 16.4. The number of halogens is 1. The molecule has 2 N–H and O–H groups in total. The maximum atomic E-state index is 13.2. The molecule has 1 aromatic heterocycles. The molecule has 0 saturated carbocycles. The van der Waals surface area contributed by atoms with Gasteiger partial charge in [-0.1, -0.05) is 30.3 Å². The minimum atomic E-state index is -0.915. The first-order valence-corrected chi connectivity index (χ1v) is 16.8. The Bertz CT molecular complexity index is 1710. The van der Waals surface area contributed by atoms with Crippen LogP contribution in [0.3, 0.4) is 0 Å². The van der Waals surface area contributed by atoms with E-state index in [2.05, 4.69) is 6.07 Å². The van der Waals surface area contributed by atoms with E-state index in [0.717, 1.165) is 57.7 Å². The van der Waals surface area contributed by atoms with Crippen LogP contribution >= 0.6 is 0 Å². The molecule has 3 heterocycles. The standard InChI is InChI=1S/C36H36FNO6.C4H10O/c1-23-31(18-34(39)40)35(28-8-13-33-27(17-28)3-2-15-44-33)36(32(38-23)22-42-21-25-19-41-20-25)26-6-11-30(12-7-26)43-16-14-24-4-9-29(37)10-5-24;1-4(2,3)5/h4-13,17,25H,2-3,14-16,18-22H2,1H3,(H,39,40);5H,1-3H3. The number of carboxylic acid groups (broad SMARTS) is 1. The number of carbonyl (C=O) groups is 1. The number of fused-ring (bicyclic) bond motifs is 1. The lowest BCUT2D eigenvalue weighted by atomic mass is 9.86. The number of aryl methyl sites for hydroxylation is 2. The second-order valence-electron chi connectivity index (χ2n) is 13.6. The smallest absolute Gasteiger partial charge is 0.307 e. The third kappa shape index (κ3) is 10.3. The fourth-order valence-corrected chi connectivity index (χ4v) is 5.78. The normalized spacial score (nSPS) is 14.2. The van der Waals surface area contributed by atoms with E-state index in [-0.39, 0.29) is 18.8 Å². The van der Waals surface area contributed by atoms with Crippen molar-refractivity contribution in [2.75, 3.05) is 33.0 Å². The van der Waals surface area contributed by atoms with Crippen LogP contribution in [-0.4, -0.2) is 59.8 Å². The molecule has 6 rings (SSSR count). The van der Waals surface area contributed by atoms with Gasteiger partial charge in [-0.2, -0.15) is 0 Å². The molecule has 0 unspecified atom stereocenters. The van der Waals surface area contributed by atoms with E-state index in [1.165, 1.54) is 12.1 Å². The molecule has 9 heteroatoms. The van der Waals surface area contributed by atoms with Crippen LogP contribution in [0.1, 0.15) is 55.3 Å². The molecule has 49 heavy (non-hydrogen) atoms. The first-order chi connectivity index (χ1) is 23.4. The molecule has 1 saturated heterocycles. The van der Waals surface area contributed by atoms with Crippen LogP contribution in [0.2, 0.25) is 0 Å². The van der Waals surface area contributed by atoms with E-state index >= 15 is 0 Å². The third-order valence-electron chi connectivity index (χ3n) is 8.12. The third-order valence-corrected chi connectivity index (χ3v) is 8.12. The molecule has 8 nitrogen and oxygen atoms in total. The molecule has 4 aromatic rings. The van der Waals surface area contributed by atoms with Crippen molar-refractivity contribution in [1.29, 1.82) is 0 Å². The zero-order valence-corrected chi connectivity index (χ0v) is 28.8. The summed E-state index contributed by atoms with van der Waals surface area (Å²) in [5.41, 5.74) is 7.25. The van der Waals surface area contributed by atoms with Gasteiger partial charge >= 0.3 is 5.97 Å². The minimum Gasteiger partial charge on any atom is -0.493 e. The molecule has 0 amide bonds. The number of aromatic nitrogens is 1. The SMILES string of the molecule is CC(C)(C)O.Cc1nc(COCC2COC2)c(-c2ccc(OCCc3ccc(F)cc3)cc2)c(-c2ccc3c(c2)CCCO3)c1CC(=O)O. The van der Waals surface area contributed by atoms with Gasteiger partial charge in [0.05, 0.1) is 57.4 Å². The number of aliphatic hydroxyl groups is 1. The second-order valence-corrected chi connectivity index (χ2v) is 13.6. The van der Waals surface area contributed by atoms with Crippen molar-refractivity contribution in [3.8, 4) is 33.8 Å². The summed E-state index contributed by atoms with van der Waals surface area (Å²) in [6.45, 7) is 10.5. The van der Waals surface area contributed by atoms with E-state index in [1.807, 2.05) is 43.3 Å². The van der Waals surface area contributed by atoms with E-state index in [1.54, 1.807) is 32.9 Å². The molecule has 1 fully saturated rings. The van der Waals surface area contributed by atoms with Crippen molar-refractivity contribution < 1.29 is 38.3 Å². The summed E-state index contributed by atoms with van der Waals surface area (Å²) in [7, 11) is 0. The molecular formula is C40H46FNO7. The van der Waals surface area contributed by atoms with Gasteiger partial charge in [0.25, 0.3) is 0 Å². The highest BCUT2D eigenvalue weighted by molar-refractivity contribution is 5.90. The van der Waals surface area contributed by atoms with Gasteiger partial charge in [-0.05, 0) is 110 Å². The zero-order chi connectivity index (χ0) is 35.0. The number of hydrogen-bond donors (Lipinski definition) is 2. The summed E-state index contributed by atoms with van der Waals surface area (Å²) in [6.07, 6.45) is 2.34. The number of rotatable bonds is 12. The molecule has 3 aromatic carbocycles. The summed E-state index contributed by atoms with van der Waals surface area (Å²) < 4.78 is 36.6. The van der Waals surface area contributed by atoms with Crippen molar-refractivity contribution in [1.82, 2.24) is 4.98 Å². The Morgan fingerprint density at radius 1 is 1.00 bits per heavy atom. The van der Waals surface area contributed by atoms with Crippen molar-refractivity contribution in [2.45, 2.75) is 65.6 Å². The summed E-state index contributed by atoms with van der Waals surface area (Å²) in [6, 6.07) is 20.3. The highest BCUT2D eigenvalue weighted by Crippen LogP contribution is 2.41. The fraction of sp³-hybridized carbons (Fsp3) is 0.400. The van der Waals surface area contributed by atoms with Crippen LogP contribution < -0.4 is 9.47 Å². The molecule has 0 aliphatic carbocycles. The predicted molar refractivity (Wildman–Crippen MR) is 187 cm³/mol. The van der Waals surface area contributed by atoms with Crippen LogP contribution in [-0.2, 0) is 40.1 Å². The monoisotopic (exact) mass is 671 g/mol. The van der Waals surface area contributed by atoms with Crippen LogP contribution in [0.5, 0.6) is 11.5 Å². The summed E-state index contributed by atoms with van der Waals surface area (Å²) >= 11 is 0. The highest BCUT2D eigenvalue weighted by atomic mass is 19.1. The number of hydrogen-bond acceptors (Lipinski definition) is 7. The Balaban J connectivity index is 0.000000874. The van der Waals surface area contributed by atoms with E-state index in [9.17, 15) is 14.3 Å². The molecule has 0 radical (unpaired) electrons. The van der Waals surface area contributed by atoms with Gasteiger partial charge in [0, 0.05) is 23.6 Å². The van der Waals surface area contributed by atoms with Gasteiger partial charge in [0.15, 0.2) is 0 Å². The highest BCUT2D eigenvalue weighted by Gasteiger charge is 2.25. The van der Waals surface area contributed by atoms with Gasteiger partial charge in [-0.3, -0.25) is 9.78 Å². The van der Waals surface area contributed by atoms with Crippen LogP contribution in [0, 0.1) is 18.7 Å². The van der Waals surface area contributed by atoms with E-state index < -0.39 is 11.6 Å². The van der Waals surface area contributed by atoms with Crippen molar-refractivity contribution >= 4 is 5.97 Å². The molecule has 260 valence electrons. The van der Waals surface area contributed by atoms with Gasteiger partial charge in [-0.25, -0.2) is 4.39 Å². The molecule has 0 spiro atoms. The van der Waals surface area contributed by atoms with Crippen LogP contribution in [0.25, 0.3) is 22.3 Å². The first kappa shape index (κ1) is 36.0. The van der Waals surface area contributed by atoms with Crippen molar-refractivity contribution in [3.63, 3.8) is 0 Å². The predicted octanol–water partition coefficient (Wildman–Crippen LogP) is 7.38. The molecule has 2 aliphatic rings. The summed E-state index contributed by atoms with van der Waals surface area (Å²) in [5.74, 6) is 0.782. The molecule has 0 atom stereocenters. The minimum absolute atomic E-state index is 0.153. The van der Waals surface area contributed by atoms with Crippen molar-refractivity contribution in [3.05, 3.63) is 101 Å². The average Bonchev–Trinajstić information content (AvgIpc) is 3.03. The molecule has 2 aliphatic heterocycles. The lowest BCUT2D eigenvalue weighted by Crippen LogP contribution is -2.31. The average molecular weight is 672 g/mol. The number of aliphatic carboxylic acids is 1. The first-order valence-electron chi connectivity index (χ1n) is 16.8. The lowest BCUT2D eigenvalue weighted by Gasteiger charge is -2.26. The van der Waals surface area contributed by atoms with E-state index in [4.69, 9.17) is 29.0 Å². The topological polar surface area (TPSA) is 107 Å². The van der Waals surface area contributed by atoms with E-state index in [0.29, 0.717) is 62.4 Å². The maximum absolute atomic E-state index is 13.2.